The summed E-state index contributed by atoms with van der Waals surface area (Å²) >= 11 is 0. The Morgan fingerprint density at radius 3 is 2.62 bits per heavy atom. The van der Waals surface area contributed by atoms with Gasteiger partial charge in [0.05, 0.1) is 19.9 Å². The molecule has 0 amide bonds. The standard InChI is InChI=1S/C26H31N3O3/c1-4-5-9-22(30)17-20-7-6-8-21(16-20)23-13-15-28-26(29-23)27-14-12-19-10-11-24(31-2)25(18-19)32-3/h6-8,10-11,13,15-16,18H,4-5,9,12,14,17H2,1-3H3,(H,27,28,29). The summed E-state index contributed by atoms with van der Waals surface area (Å²) < 4.78 is 10.7. The van der Waals surface area contributed by atoms with Crippen LogP contribution >= 0.6 is 0 Å². The van der Waals surface area contributed by atoms with E-state index in [1.807, 2.05) is 48.5 Å². The maximum Gasteiger partial charge on any atom is 0.223 e. The molecule has 0 aliphatic heterocycles. The Kier molecular flexibility index (Phi) is 8.61. The third kappa shape index (κ3) is 6.54. The van der Waals surface area contributed by atoms with Crippen LogP contribution in [0.25, 0.3) is 11.3 Å². The monoisotopic (exact) mass is 433 g/mol. The molecule has 0 spiro atoms. The zero-order valence-corrected chi connectivity index (χ0v) is 19.1. The maximum absolute atomic E-state index is 12.1. The third-order valence-electron chi connectivity index (χ3n) is 5.23. The van der Waals surface area contributed by atoms with Gasteiger partial charge in [0.25, 0.3) is 0 Å². The first kappa shape index (κ1) is 23.3. The number of aromatic nitrogens is 2. The zero-order valence-electron chi connectivity index (χ0n) is 19.1. The Morgan fingerprint density at radius 2 is 1.84 bits per heavy atom. The van der Waals surface area contributed by atoms with Gasteiger partial charge in [-0.2, -0.15) is 0 Å². The summed E-state index contributed by atoms with van der Waals surface area (Å²) in [6, 6.07) is 15.8. The predicted molar refractivity (Wildman–Crippen MR) is 127 cm³/mol. The van der Waals surface area contributed by atoms with Crippen LogP contribution < -0.4 is 14.8 Å². The number of anilines is 1. The van der Waals surface area contributed by atoms with Gasteiger partial charge in [-0.25, -0.2) is 9.97 Å². The normalized spacial score (nSPS) is 10.6. The first-order valence-electron chi connectivity index (χ1n) is 11.0. The molecule has 0 radical (unpaired) electrons. The molecule has 3 aromatic rings. The molecule has 168 valence electrons. The smallest absolute Gasteiger partial charge is 0.223 e. The van der Waals surface area contributed by atoms with E-state index in [0.29, 0.717) is 25.3 Å². The molecule has 0 saturated heterocycles. The quantitative estimate of drug-likeness (QED) is 0.427. The number of unbranched alkanes of at least 4 members (excludes halogenated alkanes) is 1. The fourth-order valence-corrected chi connectivity index (χ4v) is 3.49. The molecular weight excluding hydrogens is 402 g/mol. The molecule has 6 heteroatoms. The van der Waals surface area contributed by atoms with Gasteiger partial charge < -0.3 is 14.8 Å². The summed E-state index contributed by atoms with van der Waals surface area (Å²) in [5, 5.41) is 3.29. The summed E-state index contributed by atoms with van der Waals surface area (Å²) in [6.45, 7) is 2.79. The van der Waals surface area contributed by atoms with E-state index in [4.69, 9.17) is 9.47 Å². The van der Waals surface area contributed by atoms with E-state index in [0.717, 1.165) is 53.1 Å². The lowest BCUT2D eigenvalue weighted by molar-refractivity contribution is -0.118. The third-order valence-corrected chi connectivity index (χ3v) is 5.23. The lowest BCUT2D eigenvalue weighted by Crippen LogP contribution is -2.08. The van der Waals surface area contributed by atoms with Crippen LogP contribution in [0.2, 0.25) is 0 Å². The number of hydrogen-bond donors (Lipinski definition) is 1. The van der Waals surface area contributed by atoms with Crippen molar-refractivity contribution < 1.29 is 14.3 Å². The van der Waals surface area contributed by atoms with Gasteiger partial charge in [-0.05, 0) is 48.2 Å². The molecule has 0 aliphatic carbocycles. The second-order valence-corrected chi connectivity index (χ2v) is 7.65. The van der Waals surface area contributed by atoms with Crippen molar-refractivity contribution in [3.63, 3.8) is 0 Å². The fraction of sp³-hybridized carbons (Fsp3) is 0.346. The Hall–Kier alpha value is -3.41. The van der Waals surface area contributed by atoms with Gasteiger partial charge in [0.1, 0.15) is 5.78 Å². The van der Waals surface area contributed by atoms with E-state index in [9.17, 15) is 4.79 Å². The van der Waals surface area contributed by atoms with Gasteiger partial charge in [0.2, 0.25) is 5.95 Å². The predicted octanol–water partition coefficient (Wildman–Crippen LogP) is 5.12. The average molecular weight is 434 g/mol. The molecule has 0 atom stereocenters. The minimum absolute atomic E-state index is 0.282. The molecule has 3 rings (SSSR count). The lowest BCUT2D eigenvalue weighted by atomic mass is 10.0. The highest BCUT2D eigenvalue weighted by molar-refractivity contribution is 5.81. The average Bonchev–Trinajstić information content (AvgIpc) is 2.83. The van der Waals surface area contributed by atoms with Crippen molar-refractivity contribution in [2.45, 2.75) is 39.0 Å². The Bertz CT molecular complexity index is 1040. The minimum atomic E-state index is 0.282. The second kappa shape index (κ2) is 11.8. The van der Waals surface area contributed by atoms with Crippen LogP contribution in [0.5, 0.6) is 11.5 Å². The molecule has 0 bridgehead atoms. The van der Waals surface area contributed by atoms with Gasteiger partial charge in [0, 0.05) is 31.1 Å². The maximum atomic E-state index is 12.1. The number of benzene rings is 2. The number of rotatable bonds is 12. The lowest BCUT2D eigenvalue weighted by Gasteiger charge is -2.10. The molecule has 0 unspecified atom stereocenters. The number of methoxy groups -OCH3 is 2. The number of carbonyl (C=O) groups excluding carboxylic acids is 1. The summed E-state index contributed by atoms with van der Waals surface area (Å²) in [5.41, 5.74) is 3.96. The van der Waals surface area contributed by atoms with Crippen molar-refractivity contribution in [1.29, 1.82) is 0 Å². The molecule has 1 aromatic heterocycles. The van der Waals surface area contributed by atoms with Gasteiger partial charge >= 0.3 is 0 Å². The van der Waals surface area contributed by atoms with Crippen molar-refractivity contribution in [2.24, 2.45) is 0 Å². The topological polar surface area (TPSA) is 73.3 Å². The fourth-order valence-electron chi connectivity index (χ4n) is 3.49. The molecule has 0 aliphatic rings. The van der Waals surface area contributed by atoms with Crippen LogP contribution in [0.4, 0.5) is 5.95 Å². The first-order chi connectivity index (χ1) is 15.6. The van der Waals surface area contributed by atoms with Crippen LogP contribution in [-0.2, 0) is 17.6 Å². The first-order valence-corrected chi connectivity index (χ1v) is 11.0. The van der Waals surface area contributed by atoms with Gasteiger partial charge in [0.15, 0.2) is 11.5 Å². The summed E-state index contributed by atoms with van der Waals surface area (Å²) in [4.78, 5) is 21.1. The van der Waals surface area contributed by atoms with Crippen molar-refractivity contribution in [3.05, 3.63) is 65.9 Å². The van der Waals surface area contributed by atoms with Crippen LogP contribution in [0.15, 0.2) is 54.7 Å². The Morgan fingerprint density at radius 1 is 1.00 bits per heavy atom. The molecule has 1 heterocycles. The van der Waals surface area contributed by atoms with E-state index in [2.05, 4.69) is 22.2 Å². The molecule has 2 aromatic carbocycles. The van der Waals surface area contributed by atoms with Gasteiger partial charge in [-0.15, -0.1) is 0 Å². The Balaban J connectivity index is 1.62. The number of carbonyl (C=O) groups is 1. The SMILES string of the molecule is CCCCC(=O)Cc1cccc(-c2ccnc(NCCc3ccc(OC)c(OC)c3)n2)c1. The van der Waals surface area contributed by atoms with Crippen molar-refractivity contribution >= 4 is 11.7 Å². The van der Waals surface area contributed by atoms with Crippen LogP contribution in [0.1, 0.15) is 37.3 Å². The number of nitrogens with one attached hydrogen (secondary N) is 1. The van der Waals surface area contributed by atoms with E-state index in [1.165, 1.54) is 0 Å². The molecule has 0 saturated carbocycles. The highest BCUT2D eigenvalue weighted by Crippen LogP contribution is 2.27. The van der Waals surface area contributed by atoms with E-state index in [-0.39, 0.29) is 5.78 Å². The molecule has 0 fully saturated rings. The van der Waals surface area contributed by atoms with Gasteiger partial charge in [-0.3, -0.25) is 4.79 Å². The van der Waals surface area contributed by atoms with Crippen molar-refractivity contribution in [1.82, 2.24) is 9.97 Å². The number of hydrogen-bond acceptors (Lipinski definition) is 6. The van der Waals surface area contributed by atoms with E-state index in [1.54, 1.807) is 20.4 Å². The summed E-state index contributed by atoms with van der Waals surface area (Å²) in [6.07, 6.45) is 5.64. The van der Waals surface area contributed by atoms with E-state index < -0.39 is 0 Å². The second-order valence-electron chi connectivity index (χ2n) is 7.65. The highest BCUT2D eigenvalue weighted by atomic mass is 16.5. The number of ketones is 1. The number of ether oxygens (including phenoxy) is 2. The van der Waals surface area contributed by atoms with Crippen LogP contribution in [0, 0.1) is 0 Å². The minimum Gasteiger partial charge on any atom is -0.493 e. The molecular formula is C26H31N3O3. The van der Waals surface area contributed by atoms with Gasteiger partial charge in [-0.1, -0.05) is 37.6 Å². The van der Waals surface area contributed by atoms with Crippen molar-refractivity contribution in [2.75, 3.05) is 26.1 Å². The molecule has 6 nitrogen and oxygen atoms in total. The highest BCUT2D eigenvalue weighted by Gasteiger charge is 2.08. The van der Waals surface area contributed by atoms with Crippen LogP contribution in [-0.4, -0.2) is 36.5 Å². The molecule has 1 N–H and O–H groups in total. The largest absolute Gasteiger partial charge is 0.493 e. The molecule has 32 heavy (non-hydrogen) atoms. The van der Waals surface area contributed by atoms with Crippen LogP contribution in [0.3, 0.4) is 0 Å². The summed E-state index contributed by atoms with van der Waals surface area (Å²) in [7, 11) is 3.26. The van der Waals surface area contributed by atoms with Crippen molar-refractivity contribution in [3.8, 4) is 22.8 Å². The summed E-state index contributed by atoms with van der Waals surface area (Å²) in [5.74, 6) is 2.29. The zero-order chi connectivity index (χ0) is 22.8. The number of nitrogens with zero attached hydrogens (tertiary/aromatic N) is 2. The van der Waals surface area contributed by atoms with E-state index >= 15 is 0 Å². The number of Topliss-reactive ketones (excluding diaryl/α,β-unsaturated/α-hetero) is 1. The Labute approximate surface area is 190 Å².